The average Bonchev–Trinajstić information content (AvgIpc) is 3.42. The second-order valence-electron chi connectivity index (χ2n) is 11.9. The molecule has 2 saturated heterocycles. The highest BCUT2D eigenvalue weighted by Crippen LogP contribution is 2.37. The van der Waals surface area contributed by atoms with Crippen LogP contribution >= 0.6 is 0 Å². The molecule has 238 valence electrons. The summed E-state index contributed by atoms with van der Waals surface area (Å²) < 4.78 is 28.6. The molecule has 6 rings (SSSR count). The van der Waals surface area contributed by atoms with Crippen LogP contribution in [0.15, 0.2) is 66.1 Å². The molecule has 2 aliphatic rings. The highest BCUT2D eigenvalue weighted by molar-refractivity contribution is 5.99. The fourth-order valence-electron chi connectivity index (χ4n) is 6.32. The van der Waals surface area contributed by atoms with Crippen molar-refractivity contribution in [2.75, 3.05) is 38.6 Å². The Kier molecular flexibility index (Phi) is 8.85. The quantitative estimate of drug-likeness (QED) is 0.194. The number of ether oxygens (including phenoxy) is 2. The Morgan fingerprint density at radius 2 is 1.98 bits per heavy atom. The van der Waals surface area contributed by atoms with Crippen molar-refractivity contribution < 1.29 is 18.7 Å². The van der Waals surface area contributed by atoms with Crippen LogP contribution in [0.25, 0.3) is 22.3 Å². The predicted molar refractivity (Wildman–Crippen MR) is 171 cm³/mol. The molecule has 2 fully saturated rings. The Morgan fingerprint density at radius 3 is 2.63 bits per heavy atom. The monoisotopic (exact) mass is 624 g/mol. The fraction of sp³-hybridized carbons (Fsp3) is 0.382. The number of hydrogen-bond donors (Lipinski definition) is 1. The minimum absolute atomic E-state index is 0.0311. The lowest BCUT2D eigenvalue weighted by molar-refractivity contribution is -0.128. The van der Waals surface area contributed by atoms with Gasteiger partial charge in [0, 0.05) is 37.0 Å². The lowest BCUT2D eigenvalue weighted by Gasteiger charge is -2.41. The van der Waals surface area contributed by atoms with Gasteiger partial charge in [-0.2, -0.15) is 10.4 Å². The predicted octanol–water partition coefficient (Wildman–Crippen LogP) is 5.32. The second kappa shape index (κ2) is 13.1. The number of rotatable bonds is 9. The number of likely N-dealkylation sites (N-methyl/N-ethyl adjacent to an activating group) is 1. The summed E-state index contributed by atoms with van der Waals surface area (Å²) in [5.74, 6) is 0.237. The molecule has 11 nitrogen and oxygen atoms in total. The number of halogens is 1. The van der Waals surface area contributed by atoms with Crippen LogP contribution in [0, 0.1) is 23.1 Å². The summed E-state index contributed by atoms with van der Waals surface area (Å²) in [4.78, 5) is 26.5. The largest absolute Gasteiger partial charge is 0.457 e. The van der Waals surface area contributed by atoms with Crippen LogP contribution < -0.4 is 10.5 Å². The molecule has 2 aliphatic heterocycles. The number of carbonyl (C=O) groups is 1. The van der Waals surface area contributed by atoms with Crippen LogP contribution in [0.2, 0.25) is 0 Å². The molecule has 4 aromatic rings. The number of nitrogens with zero attached hydrogens (tertiary/aromatic N) is 7. The molecule has 1 amide bonds. The number of amides is 1. The Balaban J connectivity index is 1.32. The maximum absolute atomic E-state index is 15.7. The van der Waals surface area contributed by atoms with Crippen LogP contribution in [-0.4, -0.2) is 74.3 Å². The lowest BCUT2D eigenvalue weighted by Crippen LogP contribution is -2.50. The van der Waals surface area contributed by atoms with E-state index in [-0.39, 0.29) is 40.9 Å². The number of fused-ring (bicyclic) bond motifs is 1. The first-order valence-electron chi connectivity index (χ1n) is 15.6. The summed E-state index contributed by atoms with van der Waals surface area (Å²) in [7, 11) is 0. The third kappa shape index (κ3) is 5.86. The number of likely N-dealkylation sites (tertiary alicyclic amines) is 1. The maximum Gasteiger partial charge on any atom is 0.266 e. The zero-order valence-corrected chi connectivity index (χ0v) is 26.2. The summed E-state index contributed by atoms with van der Waals surface area (Å²) in [5.41, 5.74) is 8.21. The summed E-state index contributed by atoms with van der Waals surface area (Å²) in [6.45, 7) is 8.66. The van der Waals surface area contributed by atoms with Crippen LogP contribution in [0.5, 0.6) is 11.5 Å². The number of allylic oxidation sites excluding steroid dienone is 1. The van der Waals surface area contributed by atoms with Gasteiger partial charge in [0.2, 0.25) is 0 Å². The molecule has 1 atom stereocenters. The molecule has 46 heavy (non-hydrogen) atoms. The Hall–Kier alpha value is -5.02. The molecule has 12 heteroatoms. The summed E-state index contributed by atoms with van der Waals surface area (Å²) in [5, 5.41) is 15.5. The fourth-order valence-corrected chi connectivity index (χ4v) is 6.32. The van der Waals surface area contributed by atoms with Gasteiger partial charge in [-0.15, -0.1) is 0 Å². The van der Waals surface area contributed by atoms with Crippen molar-refractivity contribution in [2.45, 2.75) is 45.7 Å². The SMILES string of the molecule is CCN(C(=C(C#N)C(=O)N1CCCC(n2nc(-c3ccc(Oc4ccccc4)cc3F)c3c(N)ncnc32)C1)C(C)C)C1COC1. The standard InChI is InChI=1S/C34H37FN8O3/c1-4-42(23-18-45-19-23)31(21(2)3)27(16-36)34(44)41-14-8-9-22(17-41)43-33-29(32(37)38-20-39-33)30(40-43)26-13-12-25(15-28(26)35)46-24-10-6-5-7-11-24/h5-7,10-13,15,20-23H,4,8-9,14,17-19H2,1-3H3,(H2,37,38,39). The minimum atomic E-state index is -0.536. The van der Waals surface area contributed by atoms with E-state index in [2.05, 4.69) is 20.9 Å². The summed E-state index contributed by atoms with van der Waals surface area (Å²) in [6.07, 6.45) is 2.75. The molecular formula is C34H37FN8O3. The first kappa shape index (κ1) is 31.0. The van der Waals surface area contributed by atoms with Crippen molar-refractivity contribution in [2.24, 2.45) is 5.92 Å². The van der Waals surface area contributed by atoms with E-state index < -0.39 is 5.82 Å². The van der Waals surface area contributed by atoms with Crippen molar-refractivity contribution in [3.63, 3.8) is 0 Å². The lowest BCUT2D eigenvalue weighted by atomic mass is 9.98. The van der Waals surface area contributed by atoms with Crippen molar-refractivity contribution in [1.29, 1.82) is 5.26 Å². The normalized spacial score (nSPS) is 17.4. The molecule has 2 aromatic carbocycles. The third-order valence-electron chi connectivity index (χ3n) is 8.56. The van der Waals surface area contributed by atoms with E-state index in [0.717, 1.165) is 5.70 Å². The third-order valence-corrected chi connectivity index (χ3v) is 8.56. The number of benzene rings is 2. The minimum Gasteiger partial charge on any atom is -0.457 e. The van der Waals surface area contributed by atoms with Crippen molar-refractivity contribution in [1.82, 2.24) is 29.5 Å². The van der Waals surface area contributed by atoms with Gasteiger partial charge in [-0.1, -0.05) is 32.0 Å². The van der Waals surface area contributed by atoms with Gasteiger partial charge in [-0.25, -0.2) is 19.0 Å². The smallest absolute Gasteiger partial charge is 0.266 e. The Labute approximate surface area is 267 Å². The highest BCUT2D eigenvalue weighted by Gasteiger charge is 2.35. The van der Waals surface area contributed by atoms with Crippen molar-refractivity contribution in [3.8, 4) is 28.8 Å². The van der Waals surface area contributed by atoms with E-state index in [1.54, 1.807) is 33.8 Å². The second-order valence-corrected chi connectivity index (χ2v) is 11.9. The molecule has 2 aromatic heterocycles. The van der Waals surface area contributed by atoms with E-state index in [4.69, 9.17) is 20.3 Å². The van der Waals surface area contributed by atoms with Crippen LogP contribution in [0.4, 0.5) is 10.2 Å². The van der Waals surface area contributed by atoms with Crippen molar-refractivity contribution in [3.05, 3.63) is 71.9 Å². The number of nitriles is 1. The molecular weight excluding hydrogens is 587 g/mol. The van der Waals surface area contributed by atoms with Gasteiger partial charge in [0.25, 0.3) is 5.91 Å². The summed E-state index contributed by atoms with van der Waals surface area (Å²) in [6, 6.07) is 15.8. The first-order valence-corrected chi connectivity index (χ1v) is 15.6. The molecule has 0 radical (unpaired) electrons. The summed E-state index contributed by atoms with van der Waals surface area (Å²) >= 11 is 0. The average molecular weight is 625 g/mol. The van der Waals surface area contributed by atoms with Gasteiger partial charge in [0.05, 0.1) is 30.7 Å². The van der Waals surface area contributed by atoms with Gasteiger partial charge in [0.1, 0.15) is 46.8 Å². The number of hydrogen-bond acceptors (Lipinski definition) is 9. The van der Waals surface area contributed by atoms with E-state index >= 15 is 4.39 Å². The van der Waals surface area contributed by atoms with Gasteiger partial charge in [-0.3, -0.25) is 4.79 Å². The van der Waals surface area contributed by atoms with Crippen LogP contribution in [-0.2, 0) is 9.53 Å². The number of para-hydroxylation sites is 1. The van der Waals surface area contributed by atoms with Crippen LogP contribution in [0.1, 0.15) is 39.7 Å². The Morgan fingerprint density at radius 1 is 1.20 bits per heavy atom. The van der Waals surface area contributed by atoms with Gasteiger partial charge in [-0.05, 0) is 49.9 Å². The topological polar surface area (TPSA) is 135 Å². The zero-order chi connectivity index (χ0) is 32.4. The molecule has 0 saturated carbocycles. The first-order chi connectivity index (χ1) is 22.3. The zero-order valence-electron chi connectivity index (χ0n) is 26.2. The molecule has 4 heterocycles. The van der Waals surface area contributed by atoms with E-state index in [0.29, 0.717) is 73.9 Å². The van der Waals surface area contributed by atoms with E-state index in [1.807, 2.05) is 39.0 Å². The number of carbonyl (C=O) groups excluding carboxylic acids is 1. The molecule has 0 bridgehead atoms. The van der Waals surface area contributed by atoms with Gasteiger partial charge >= 0.3 is 0 Å². The number of piperidine rings is 1. The molecule has 0 spiro atoms. The number of nitrogens with two attached hydrogens (primary N) is 1. The molecule has 1 unspecified atom stereocenters. The number of anilines is 1. The van der Waals surface area contributed by atoms with Gasteiger partial charge in [0.15, 0.2) is 5.65 Å². The highest BCUT2D eigenvalue weighted by atomic mass is 19.1. The van der Waals surface area contributed by atoms with Gasteiger partial charge < -0.3 is 25.0 Å². The number of nitrogen functional groups attached to an aromatic ring is 1. The Bertz CT molecular complexity index is 1810. The molecule has 0 aliphatic carbocycles. The van der Waals surface area contributed by atoms with E-state index in [9.17, 15) is 10.1 Å². The molecule has 2 N–H and O–H groups in total. The number of aromatic nitrogens is 4. The maximum atomic E-state index is 15.7. The van der Waals surface area contributed by atoms with E-state index in [1.165, 1.54) is 12.4 Å². The van der Waals surface area contributed by atoms with Crippen LogP contribution in [0.3, 0.4) is 0 Å². The van der Waals surface area contributed by atoms with Crippen molar-refractivity contribution >= 4 is 22.8 Å².